The van der Waals surface area contributed by atoms with Crippen LogP contribution in [0.1, 0.15) is 62.5 Å². The first-order valence-electron chi connectivity index (χ1n) is 12.0. The zero-order valence-electron chi connectivity index (χ0n) is 21.2. The van der Waals surface area contributed by atoms with Crippen LogP contribution in [0, 0.1) is 0 Å². The van der Waals surface area contributed by atoms with Crippen molar-refractivity contribution in [1.29, 1.82) is 0 Å². The van der Waals surface area contributed by atoms with Crippen LogP contribution in [-0.4, -0.2) is 29.6 Å². The molecule has 0 aliphatic carbocycles. The minimum absolute atomic E-state index is 0.0604. The van der Waals surface area contributed by atoms with Crippen molar-refractivity contribution in [1.82, 2.24) is 10.6 Å². The third-order valence-electron chi connectivity index (χ3n) is 5.93. The largest absolute Gasteiger partial charge is 0.480 e. The molecule has 0 saturated carbocycles. The molecule has 0 bridgehead atoms. The van der Waals surface area contributed by atoms with Crippen LogP contribution in [0.2, 0.25) is 0 Å². The number of halogens is 6. The fourth-order valence-corrected chi connectivity index (χ4v) is 5.10. The van der Waals surface area contributed by atoms with Gasteiger partial charge < -0.3 is 15.7 Å². The van der Waals surface area contributed by atoms with Crippen molar-refractivity contribution in [3.05, 3.63) is 105 Å². The molecule has 40 heavy (non-hydrogen) atoms. The van der Waals surface area contributed by atoms with Gasteiger partial charge in [0, 0.05) is 23.0 Å². The van der Waals surface area contributed by atoms with Gasteiger partial charge in [-0.1, -0.05) is 43.0 Å². The Kier molecular flexibility index (Phi) is 9.67. The van der Waals surface area contributed by atoms with E-state index in [-0.39, 0.29) is 22.4 Å². The first-order valence-corrected chi connectivity index (χ1v) is 12.9. The number of allylic oxidation sites excluding steroid dienone is 1. The van der Waals surface area contributed by atoms with Crippen molar-refractivity contribution in [3.63, 3.8) is 0 Å². The van der Waals surface area contributed by atoms with E-state index in [1.807, 2.05) is 0 Å². The molecule has 214 valence electrons. The quantitative estimate of drug-likeness (QED) is 0.167. The van der Waals surface area contributed by atoms with Gasteiger partial charge in [0.2, 0.25) is 0 Å². The van der Waals surface area contributed by atoms with Gasteiger partial charge in [-0.05, 0) is 55.2 Å². The SMILES string of the molecule is C=C(C)NCCCC(NC(=O)c1ccc(C(c2cccc(C(F)(F)F)c2)c2cccc(C(F)(F)F)c2)s1)C(=O)O. The van der Waals surface area contributed by atoms with Crippen LogP contribution in [0.5, 0.6) is 0 Å². The normalized spacial score (nSPS) is 12.7. The highest BCUT2D eigenvalue weighted by Crippen LogP contribution is 2.40. The van der Waals surface area contributed by atoms with Gasteiger partial charge >= 0.3 is 18.3 Å². The van der Waals surface area contributed by atoms with Crippen molar-refractivity contribution < 1.29 is 41.0 Å². The summed E-state index contributed by atoms with van der Waals surface area (Å²) in [5, 5.41) is 14.9. The molecule has 12 heteroatoms. The summed E-state index contributed by atoms with van der Waals surface area (Å²) in [5.74, 6) is -3.02. The number of aliphatic carboxylic acids is 1. The summed E-state index contributed by atoms with van der Waals surface area (Å²) >= 11 is 0.860. The summed E-state index contributed by atoms with van der Waals surface area (Å²) in [5.41, 5.74) is -1.07. The number of carboxylic acid groups (broad SMARTS) is 1. The Labute approximate surface area is 230 Å². The van der Waals surface area contributed by atoms with Crippen LogP contribution in [-0.2, 0) is 17.1 Å². The van der Waals surface area contributed by atoms with E-state index in [0.29, 0.717) is 23.5 Å². The molecule has 3 aromatic rings. The number of carbonyl (C=O) groups excluding carboxylic acids is 1. The van der Waals surface area contributed by atoms with Gasteiger partial charge in [0.25, 0.3) is 5.91 Å². The third kappa shape index (κ3) is 8.10. The smallest absolute Gasteiger partial charge is 0.416 e. The lowest BCUT2D eigenvalue weighted by Crippen LogP contribution is -2.40. The predicted molar refractivity (Wildman–Crippen MR) is 139 cm³/mol. The number of benzene rings is 2. The summed E-state index contributed by atoms with van der Waals surface area (Å²) in [6.45, 7) is 5.88. The van der Waals surface area contributed by atoms with Gasteiger partial charge in [0.15, 0.2) is 0 Å². The molecule has 0 fully saturated rings. The van der Waals surface area contributed by atoms with Crippen LogP contribution in [0.3, 0.4) is 0 Å². The number of rotatable bonds is 11. The van der Waals surface area contributed by atoms with Crippen molar-refractivity contribution in [2.45, 2.75) is 44.1 Å². The maximum Gasteiger partial charge on any atom is 0.416 e. The number of alkyl halides is 6. The Bertz CT molecular complexity index is 1310. The highest BCUT2D eigenvalue weighted by Gasteiger charge is 2.34. The summed E-state index contributed by atoms with van der Waals surface area (Å²) < 4.78 is 80.7. The molecule has 0 spiro atoms. The molecule has 1 amide bonds. The number of amides is 1. The van der Waals surface area contributed by atoms with E-state index in [1.165, 1.54) is 36.4 Å². The minimum atomic E-state index is -4.68. The third-order valence-corrected chi connectivity index (χ3v) is 7.08. The molecule has 3 rings (SSSR count). The second kappa shape index (κ2) is 12.6. The molecule has 0 radical (unpaired) electrons. The predicted octanol–water partition coefficient (Wildman–Crippen LogP) is 7.05. The van der Waals surface area contributed by atoms with Gasteiger partial charge in [-0.15, -0.1) is 11.3 Å². The van der Waals surface area contributed by atoms with Gasteiger partial charge in [0.05, 0.1) is 16.0 Å². The Hall–Kier alpha value is -3.80. The lowest BCUT2D eigenvalue weighted by molar-refractivity contribution is -0.139. The molecular formula is C28H26F6N2O3S. The van der Waals surface area contributed by atoms with E-state index in [9.17, 15) is 41.0 Å². The number of thiophene rings is 1. The van der Waals surface area contributed by atoms with E-state index in [2.05, 4.69) is 17.2 Å². The van der Waals surface area contributed by atoms with Gasteiger partial charge in [0.1, 0.15) is 6.04 Å². The van der Waals surface area contributed by atoms with Gasteiger partial charge in [-0.2, -0.15) is 26.3 Å². The van der Waals surface area contributed by atoms with Gasteiger partial charge in [-0.3, -0.25) is 4.79 Å². The minimum Gasteiger partial charge on any atom is -0.480 e. The topological polar surface area (TPSA) is 78.4 Å². The number of hydrogen-bond acceptors (Lipinski definition) is 4. The molecule has 0 saturated heterocycles. The number of carboxylic acids is 1. The first kappa shape index (κ1) is 30.7. The Morgan fingerprint density at radius 1 is 0.925 bits per heavy atom. The van der Waals surface area contributed by atoms with Crippen LogP contribution in [0.25, 0.3) is 0 Å². The van der Waals surface area contributed by atoms with E-state index >= 15 is 0 Å². The van der Waals surface area contributed by atoms with Crippen molar-refractivity contribution >= 4 is 23.2 Å². The molecule has 0 aliphatic rings. The highest BCUT2D eigenvalue weighted by molar-refractivity contribution is 7.14. The fourth-order valence-electron chi connectivity index (χ4n) is 4.03. The molecule has 1 unspecified atom stereocenters. The summed E-state index contributed by atoms with van der Waals surface area (Å²) in [6.07, 6.45) is -8.81. The van der Waals surface area contributed by atoms with E-state index in [1.54, 1.807) is 6.92 Å². The fraction of sp³-hybridized carbons (Fsp3) is 0.286. The second-order valence-electron chi connectivity index (χ2n) is 9.10. The Morgan fingerprint density at radius 3 is 1.95 bits per heavy atom. The molecule has 1 atom stereocenters. The average molecular weight is 585 g/mol. The number of carbonyl (C=O) groups is 2. The number of nitrogens with one attached hydrogen (secondary N) is 2. The van der Waals surface area contributed by atoms with E-state index < -0.39 is 47.3 Å². The highest BCUT2D eigenvalue weighted by atomic mass is 32.1. The van der Waals surface area contributed by atoms with Gasteiger partial charge in [-0.25, -0.2) is 4.79 Å². The molecule has 2 aromatic carbocycles. The lowest BCUT2D eigenvalue weighted by atomic mass is 9.88. The van der Waals surface area contributed by atoms with E-state index in [0.717, 1.165) is 35.6 Å². The molecule has 1 heterocycles. The molecular weight excluding hydrogens is 558 g/mol. The standard InChI is InChI=1S/C28H26F6N2O3S/c1-16(2)35-13-5-10-21(26(38)39)36-25(37)23-12-11-22(40-23)24(17-6-3-8-19(14-17)27(29,30)31)18-7-4-9-20(15-18)28(32,33)34/h3-4,6-9,11-12,14-15,21,24,35H,1,5,10,13H2,2H3,(H,36,37)(H,38,39). The second-order valence-corrected chi connectivity index (χ2v) is 10.2. The molecule has 1 aromatic heterocycles. The summed E-state index contributed by atoms with van der Waals surface area (Å²) in [7, 11) is 0. The average Bonchev–Trinajstić information content (AvgIpc) is 3.35. The van der Waals surface area contributed by atoms with Crippen molar-refractivity contribution in [2.75, 3.05) is 6.54 Å². The van der Waals surface area contributed by atoms with Crippen LogP contribution in [0.4, 0.5) is 26.3 Å². The first-order chi connectivity index (χ1) is 18.7. The maximum atomic E-state index is 13.4. The lowest BCUT2D eigenvalue weighted by Gasteiger charge is -2.20. The summed E-state index contributed by atoms with van der Waals surface area (Å²) in [4.78, 5) is 24.9. The Balaban J connectivity index is 1.95. The summed E-state index contributed by atoms with van der Waals surface area (Å²) in [6, 6.07) is 10.1. The van der Waals surface area contributed by atoms with Crippen molar-refractivity contribution in [2.24, 2.45) is 0 Å². The number of hydrogen-bond donors (Lipinski definition) is 3. The van der Waals surface area contributed by atoms with Crippen LogP contribution in [0.15, 0.2) is 72.9 Å². The van der Waals surface area contributed by atoms with E-state index in [4.69, 9.17) is 0 Å². The zero-order chi connectivity index (χ0) is 29.7. The van der Waals surface area contributed by atoms with Crippen molar-refractivity contribution in [3.8, 4) is 0 Å². The zero-order valence-corrected chi connectivity index (χ0v) is 22.0. The van der Waals surface area contributed by atoms with Crippen LogP contribution < -0.4 is 10.6 Å². The Morgan fingerprint density at radius 2 is 1.48 bits per heavy atom. The monoisotopic (exact) mass is 584 g/mol. The molecule has 5 nitrogen and oxygen atoms in total. The maximum absolute atomic E-state index is 13.4. The molecule has 3 N–H and O–H groups in total. The molecule has 0 aliphatic heterocycles. The van der Waals surface area contributed by atoms with Crippen LogP contribution >= 0.6 is 11.3 Å².